The highest BCUT2D eigenvalue weighted by Gasteiger charge is 2.12. The smallest absolute Gasteiger partial charge is 0.328 e. The molecule has 2 aromatic heterocycles. The second-order valence-corrected chi connectivity index (χ2v) is 4.23. The molecular weight excluding hydrogens is 274 g/mol. The van der Waals surface area contributed by atoms with Gasteiger partial charge < -0.3 is 14.9 Å². The van der Waals surface area contributed by atoms with Gasteiger partial charge in [0.2, 0.25) is 0 Å². The van der Waals surface area contributed by atoms with Crippen LogP contribution in [0.25, 0.3) is 6.08 Å². The topological polar surface area (TPSA) is 105 Å². The van der Waals surface area contributed by atoms with Crippen molar-refractivity contribution in [3.05, 3.63) is 53.2 Å². The van der Waals surface area contributed by atoms with Gasteiger partial charge in [-0.3, -0.25) is 9.78 Å². The van der Waals surface area contributed by atoms with Crippen LogP contribution in [0.5, 0.6) is 0 Å². The molecule has 0 radical (unpaired) electrons. The van der Waals surface area contributed by atoms with Gasteiger partial charge in [0.25, 0.3) is 5.91 Å². The first kappa shape index (κ1) is 14.4. The number of aromatic nitrogens is 2. The molecule has 0 atom stereocenters. The highest BCUT2D eigenvalue weighted by molar-refractivity contribution is 5.97. The maximum Gasteiger partial charge on any atom is 0.328 e. The fraction of sp³-hybridized carbons (Fsp3) is 0.143. The van der Waals surface area contributed by atoms with Crippen LogP contribution in [0.3, 0.4) is 0 Å². The fourth-order valence-electron chi connectivity index (χ4n) is 1.65. The number of carboxylic acids is 1. The first-order valence-electron chi connectivity index (χ1n) is 6.12. The first-order valence-corrected chi connectivity index (χ1v) is 6.12. The summed E-state index contributed by atoms with van der Waals surface area (Å²) in [6.45, 7) is 1.96. The zero-order valence-electron chi connectivity index (χ0n) is 11.2. The minimum Gasteiger partial charge on any atom is -0.478 e. The lowest BCUT2D eigenvalue weighted by Crippen LogP contribution is -2.24. The van der Waals surface area contributed by atoms with Crippen molar-refractivity contribution in [3.63, 3.8) is 0 Å². The lowest BCUT2D eigenvalue weighted by Gasteiger charge is -2.05. The molecule has 0 unspecified atom stereocenters. The summed E-state index contributed by atoms with van der Waals surface area (Å²) >= 11 is 0. The van der Waals surface area contributed by atoms with Crippen molar-refractivity contribution in [3.8, 4) is 0 Å². The van der Waals surface area contributed by atoms with E-state index in [2.05, 4.69) is 15.5 Å². The molecular formula is C14H13N3O4. The van der Waals surface area contributed by atoms with Crippen molar-refractivity contribution in [2.45, 2.75) is 13.5 Å². The molecule has 0 aliphatic carbocycles. The number of rotatable bonds is 5. The van der Waals surface area contributed by atoms with E-state index in [1.54, 1.807) is 25.1 Å². The molecule has 2 N–H and O–H groups in total. The minimum absolute atomic E-state index is 0.145. The molecule has 0 bridgehead atoms. The molecule has 0 aliphatic heterocycles. The van der Waals surface area contributed by atoms with E-state index in [1.165, 1.54) is 12.3 Å². The molecule has 0 aromatic carbocycles. The molecule has 108 valence electrons. The van der Waals surface area contributed by atoms with Gasteiger partial charge in [-0.1, -0.05) is 11.2 Å². The van der Waals surface area contributed by atoms with Crippen molar-refractivity contribution in [1.82, 2.24) is 15.5 Å². The van der Waals surface area contributed by atoms with Crippen molar-refractivity contribution >= 4 is 18.0 Å². The van der Waals surface area contributed by atoms with Crippen LogP contribution in [0.15, 0.2) is 35.0 Å². The monoisotopic (exact) mass is 287 g/mol. The van der Waals surface area contributed by atoms with Crippen LogP contribution >= 0.6 is 0 Å². The van der Waals surface area contributed by atoms with E-state index in [-0.39, 0.29) is 12.2 Å². The van der Waals surface area contributed by atoms with Gasteiger partial charge in [0.1, 0.15) is 5.69 Å². The average Bonchev–Trinajstić information content (AvgIpc) is 2.88. The van der Waals surface area contributed by atoms with Crippen LogP contribution in [0.2, 0.25) is 0 Å². The quantitative estimate of drug-likeness (QED) is 0.805. The Bertz CT molecular complexity index is 691. The lowest BCUT2D eigenvalue weighted by atomic mass is 10.1. The maximum atomic E-state index is 12.1. The highest BCUT2D eigenvalue weighted by atomic mass is 16.5. The third-order valence-corrected chi connectivity index (χ3v) is 2.56. The van der Waals surface area contributed by atoms with E-state index in [0.717, 1.165) is 11.8 Å². The Morgan fingerprint density at radius 1 is 1.48 bits per heavy atom. The Kier molecular flexibility index (Phi) is 4.45. The molecule has 21 heavy (non-hydrogen) atoms. The lowest BCUT2D eigenvalue weighted by molar-refractivity contribution is -0.131. The molecule has 7 nitrogen and oxygen atoms in total. The summed E-state index contributed by atoms with van der Waals surface area (Å²) in [6.07, 6.45) is 3.74. The van der Waals surface area contributed by atoms with E-state index in [0.29, 0.717) is 11.3 Å². The molecule has 2 heterocycles. The van der Waals surface area contributed by atoms with Crippen LogP contribution in [-0.2, 0) is 11.3 Å². The molecule has 2 rings (SSSR count). The van der Waals surface area contributed by atoms with E-state index in [1.807, 2.05) is 0 Å². The largest absolute Gasteiger partial charge is 0.478 e. The number of amides is 1. The second-order valence-electron chi connectivity index (χ2n) is 4.23. The molecule has 0 fully saturated rings. The number of carbonyl (C=O) groups is 2. The zero-order valence-corrected chi connectivity index (χ0v) is 11.2. The normalized spacial score (nSPS) is 10.7. The van der Waals surface area contributed by atoms with Gasteiger partial charge in [-0.05, 0) is 19.1 Å². The van der Waals surface area contributed by atoms with Gasteiger partial charge >= 0.3 is 5.97 Å². The van der Waals surface area contributed by atoms with Gasteiger partial charge in [-0.25, -0.2) is 4.79 Å². The number of carboxylic acid groups (broad SMARTS) is 1. The molecule has 7 heteroatoms. The molecule has 1 amide bonds. The Labute approximate surface area is 120 Å². The Morgan fingerprint density at radius 2 is 2.29 bits per heavy atom. The van der Waals surface area contributed by atoms with Crippen LogP contribution in [0, 0.1) is 6.92 Å². The number of hydrogen-bond acceptors (Lipinski definition) is 5. The van der Waals surface area contributed by atoms with E-state index >= 15 is 0 Å². The van der Waals surface area contributed by atoms with Crippen LogP contribution < -0.4 is 5.32 Å². The molecule has 0 saturated carbocycles. The second kappa shape index (κ2) is 6.47. The summed E-state index contributed by atoms with van der Waals surface area (Å²) < 4.78 is 4.98. The Morgan fingerprint density at radius 3 is 2.95 bits per heavy atom. The third-order valence-electron chi connectivity index (χ3n) is 2.56. The van der Waals surface area contributed by atoms with Crippen molar-refractivity contribution in [2.24, 2.45) is 0 Å². The number of nitrogens with zero attached hydrogens (tertiary/aromatic N) is 2. The van der Waals surface area contributed by atoms with Gasteiger partial charge in [0, 0.05) is 23.9 Å². The summed E-state index contributed by atoms with van der Waals surface area (Å²) in [4.78, 5) is 26.6. The van der Waals surface area contributed by atoms with Gasteiger partial charge in [0.15, 0.2) is 5.76 Å². The van der Waals surface area contributed by atoms with Crippen LogP contribution in [-0.4, -0.2) is 27.1 Å². The number of aliphatic carboxylic acids is 1. The van der Waals surface area contributed by atoms with Gasteiger partial charge in [0.05, 0.1) is 12.2 Å². The number of carbonyl (C=O) groups excluding carboxylic acids is 1. The van der Waals surface area contributed by atoms with E-state index in [9.17, 15) is 9.59 Å². The van der Waals surface area contributed by atoms with Crippen LogP contribution in [0.4, 0.5) is 0 Å². The number of hydrogen-bond donors (Lipinski definition) is 2. The van der Waals surface area contributed by atoms with Crippen molar-refractivity contribution in [2.75, 3.05) is 0 Å². The Balaban J connectivity index is 2.10. The minimum atomic E-state index is -1.10. The molecule has 0 spiro atoms. The summed E-state index contributed by atoms with van der Waals surface area (Å²) in [6, 6.07) is 4.95. The van der Waals surface area contributed by atoms with Crippen molar-refractivity contribution in [1.29, 1.82) is 0 Å². The van der Waals surface area contributed by atoms with Gasteiger partial charge in [-0.2, -0.15) is 0 Å². The summed E-state index contributed by atoms with van der Waals surface area (Å²) in [5, 5.41) is 15.0. The Hall–Kier alpha value is -2.96. The summed E-state index contributed by atoms with van der Waals surface area (Å²) in [5.41, 5.74) is 1.29. The summed E-state index contributed by atoms with van der Waals surface area (Å²) in [7, 11) is 0. The standard InChI is InChI=1S/C14H13N3O4/c1-9-7-11(21-17-9)8-16-14(20)13-10(3-2-6-15-13)4-5-12(18)19/h2-7H,8H2,1H3,(H,16,20)(H,18,19)/b5-4+. The van der Waals surface area contributed by atoms with Crippen LogP contribution in [0.1, 0.15) is 27.5 Å². The predicted molar refractivity (Wildman–Crippen MR) is 73.3 cm³/mol. The number of pyridine rings is 1. The number of aryl methyl sites for hydroxylation is 1. The first-order chi connectivity index (χ1) is 10.1. The molecule has 0 saturated heterocycles. The molecule has 0 aliphatic rings. The maximum absolute atomic E-state index is 12.1. The third kappa shape index (κ3) is 4.00. The van der Waals surface area contributed by atoms with E-state index < -0.39 is 11.9 Å². The fourth-order valence-corrected chi connectivity index (χ4v) is 1.65. The summed E-state index contributed by atoms with van der Waals surface area (Å²) in [5.74, 6) is -0.989. The predicted octanol–water partition coefficient (Wildman–Crippen LogP) is 1.41. The van der Waals surface area contributed by atoms with Gasteiger partial charge in [-0.15, -0.1) is 0 Å². The SMILES string of the molecule is Cc1cc(CNC(=O)c2ncccc2/C=C/C(=O)O)on1. The number of nitrogens with one attached hydrogen (secondary N) is 1. The zero-order chi connectivity index (χ0) is 15.2. The molecule has 2 aromatic rings. The van der Waals surface area contributed by atoms with E-state index in [4.69, 9.17) is 9.63 Å². The highest BCUT2D eigenvalue weighted by Crippen LogP contribution is 2.08. The van der Waals surface area contributed by atoms with Crippen molar-refractivity contribution < 1.29 is 19.2 Å². The average molecular weight is 287 g/mol.